The van der Waals surface area contributed by atoms with E-state index in [0.29, 0.717) is 6.61 Å². The zero-order valence-corrected chi connectivity index (χ0v) is 13.9. The molecule has 3 rings (SSSR count). The first-order chi connectivity index (χ1) is 11.1. The molecule has 0 unspecified atom stereocenters. The van der Waals surface area contributed by atoms with Crippen LogP contribution in [0.25, 0.3) is 6.08 Å². The second kappa shape index (κ2) is 7.13. The van der Waals surface area contributed by atoms with Gasteiger partial charge in [0.1, 0.15) is 0 Å². The van der Waals surface area contributed by atoms with Gasteiger partial charge in [0.15, 0.2) is 5.79 Å². The largest absolute Gasteiger partial charge is 0.347 e. The molecule has 2 fully saturated rings. The fraction of sp³-hybridized carbons (Fsp3) is 0.529. The van der Waals surface area contributed by atoms with Crippen LogP contribution in [0.15, 0.2) is 35.7 Å². The topological polar surface area (TPSA) is 64.6 Å². The average molecular weight is 337 g/mol. The van der Waals surface area contributed by atoms with Crippen molar-refractivity contribution in [1.29, 1.82) is 0 Å². The Kier molecular flexibility index (Phi) is 5.16. The number of hydrogen-bond donors (Lipinski definition) is 1. The van der Waals surface area contributed by atoms with E-state index in [9.17, 15) is 8.42 Å². The van der Waals surface area contributed by atoms with Crippen molar-refractivity contribution in [1.82, 2.24) is 4.72 Å². The zero-order valence-electron chi connectivity index (χ0n) is 13.1. The van der Waals surface area contributed by atoms with E-state index in [-0.39, 0.29) is 12.6 Å². The minimum Gasteiger partial charge on any atom is -0.347 e. The smallest absolute Gasteiger partial charge is 0.233 e. The molecule has 1 spiro atoms. The summed E-state index contributed by atoms with van der Waals surface area (Å²) in [4.78, 5) is 0. The van der Waals surface area contributed by atoms with Gasteiger partial charge in [-0.25, -0.2) is 13.1 Å². The third-order valence-corrected chi connectivity index (χ3v) is 5.34. The quantitative estimate of drug-likeness (QED) is 0.897. The van der Waals surface area contributed by atoms with Gasteiger partial charge in [-0.3, -0.25) is 0 Å². The first kappa shape index (κ1) is 16.6. The van der Waals surface area contributed by atoms with Crippen LogP contribution >= 0.6 is 0 Å². The van der Waals surface area contributed by atoms with Crippen molar-refractivity contribution in [2.24, 2.45) is 0 Å². The van der Waals surface area contributed by atoms with Gasteiger partial charge in [-0.2, -0.15) is 0 Å². The molecular weight excluding hydrogens is 314 g/mol. The molecule has 6 heteroatoms. The predicted molar refractivity (Wildman–Crippen MR) is 89.0 cm³/mol. The molecule has 1 aromatic rings. The Morgan fingerprint density at radius 2 is 1.91 bits per heavy atom. The van der Waals surface area contributed by atoms with Gasteiger partial charge < -0.3 is 9.47 Å². The summed E-state index contributed by atoms with van der Waals surface area (Å²) in [5.41, 5.74) is 0.847. The van der Waals surface area contributed by atoms with Gasteiger partial charge in [-0.05, 0) is 24.5 Å². The Bertz CT molecular complexity index is 636. The Labute approximate surface area is 137 Å². The van der Waals surface area contributed by atoms with Crippen molar-refractivity contribution in [3.63, 3.8) is 0 Å². The molecular formula is C17H23NO4S. The van der Waals surface area contributed by atoms with E-state index < -0.39 is 15.8 Å². The van der Waals surface area contributed by atoms with Gasteiger partial charge in [0, 0.05) is 24.8 Å². The molecule has 2 aliphatic rings. The number of benzene rings is 1. The second-order valence-electron chi connectivity index (χ2n) is 6.13. The van der Waals surface area contributed by atoms with Gasteiger partial charge in [0.25, 0.3) is 0 Å². The first-order valence-electron chi connectivity index (χ1n) is 8.12. The summed E-state index contributed by atoms with van der Waals surface area (Å²) in [6.07, 6.45) is 6.62. The summed E-state index contributed by atoms with van der Waals surface area (Å²) >= 11 is 0. The minimum atomic E-state index is -3.48. The van der Waals surface area contributed by atoms with E-state index in [0.717, 1.165) is 31.2 Å². The summed E-state index contributed by atoms with van der Waals surface area (Å²) in [5, 5.41) is 1.19. The van der Waals surface area contributed by atoms with Gasteiger partial charge >= 0.3 is 0 Å². The van der Waals surface area contributed by atoms with Crippen molar-refractivity contribution in [3.05, 3.63) is 41.3 Å². The molecule has 1 saturated carbocycles. The zero-order chi connectivity index (χ0) is 16.2. The minimum absolute atomic E-state index is 0.215. The van der Waals surface area contributed by atoms with Crippen LogP contribution in [0, 0.1) is 0 Å². The molecule has 0 aromatic heterocycles. The normalized spacial score (nSPS) is 24.4. The predicted octanol–water partition coefficient (Wildman–Crippen LogP) is 2.65. The number of sulfonamides is 1. The molecule has 0 amide bonds. The maximum absolute atomic E-state index is 12.0. The van der Waals surface area contributed by atoms with Gasteiger partial charge in [0.2, 0.25) is 10.0 Å². The fourth-order valence-electron chi connectivity index (χ4n) is 3.06. The van der Waals surface area contributed by atoms with Crippen LogP contribution in [0.5, 0.6) is 0 Å². The summed E-state index contributed by atoms with van der Waals surface area (Å²) in [6.45, 7) is 0.689. The van der Waals surface area contributed by atoms with Crippen LogP contribution in [0.3, 0.4) is 0 Å². The highest BCUT2D eigenvalue weighted by atomic mass is 32.2. The maximum atomic E-state index is 12.0. The van der Waals surface area contributed by atoms with Crippen LogP contribution in [0.2, 0.25) is 0 Å². The molecule has 1 aliphatic heterocycles. The number of hydrogen-bond acceptors (Lipinski definition) is 4. The third-order valence-electron chi connectivity index (χ3n) is 4.28. The number of ether oxygens (including phenoxy) is 2. The SMILES string of the molecule is O=S(=O)(/C=C/c1ccccc1)NC[C@@H]1COC2(CCCCC2)O1. The van der Waals surface area contributed by atoms with E-state index in [1.807, 2.05) is 30.3 Å². The molecule has 0 radical (unpaired) electrons. The monoisotopic (exact) mass is 337 g/mol. The van der Waals surface area contributed by atoms with Crippen molar-refractivity contribution >= 4 is 16.1 Å². The standard InChI is InChI=1S/C17H23NO4S/c19-23(20,12-9-15-7-3-1-4-8-15)18-13-16-14-21-17(22-16)10-5-2-6-11-17/h1,3-4,7-9,12,16,18H,2,5-6,10-11,13-14H2/b12-9+/t16-/m1/s1. The van der Waals surface area contributed by atoms with Gasteiger partial charge in [-0.1, -0.05) is 36.8 Å². The lowest BCUT2D eigenvalue weighted by Gasteiger charge is -2.31. The fourth-order valence-corrected chi connectivity index (χ4v) is 3.91. The lowest BCUT2D eigenvalue weighted by atomic mass is 9.94. The Hall–Kier alpha value is -1.21. The summed E-state index contributed by atoms with van der Waals surface area (Å²) < 4.78 is 38.4. The summed E-state index contributed by atoms with van der Waals surface area (Å²) in [7, 11) is -3.48. The van der Waals surface area contributed by atoms with E-state index in [1.54, 1.807) is 6.08 Å². The Morgan fingerprint density at radius 1 is 1.17 bits per heavy atom. The maximum Gasteiger partial charge on any atom is 0.233 e. The molecule has 1 aromatic carbocycles. The third kappa shape index (κ3) is 4.64. The van der Waals surface area contributed by atoms with E-state index in [1.165, 1.54) is 11.8 Å². The molecule has 126 valence electrons. The van der Waals surface area contributed by atoms with Crippen molar-refractivity contribution < 1.29 is 17.9 Å². The second-order valence-corrected chi connectivity index (χ2v) is 7.78. The van der Waals surface area contributed by atoms with E-state index in [2.05, 4.69) is 4.72 Å². The Morgan fingerprint density at radius 3 is 2.65 bits per heavy atom. The molecule has 5 nitrogen and oxygen atoms in total. The highest BCUT2D eigenvalue weighted by Gasteiger charge is 2.42. The summed E-state index contributed by atoms with van der Waals surface area (Å²) in [5.74, 6) is -0.464. The van der Waals surface area contributed by atoms with Gasteiger partial charge in [-0.15, -0.1) is 0 Å². The summed E-state index contributed by atoms with van der Waals surface area (Å²) in [6, 6.07) is 9.34. The van der Waals surface area contributed by atoms with Crippen LogP contribution < -0.4 is 4.72 Å². The lowest BCUT2D eigenvalue weighted by molar-refractivity contribution is -0.186. The molecule has 23 heavy (non-hydrogen) atoms. The highest BCUT2D eigenvalue weighted by molar-refractivity contribution is 7.92. The van der Waals surface area contributed by atoms with Crippen LogP contribution in [-0.2, 0) is 19.5 Å². The van der Waals surface area contributed by atoms with Crippen molar-refractivity contribution in [3.8, 4) is 0 Å². The highest BCUT2D eigenvalue weighted by Crippen LogP contribution is 2.37. The number of nitrogens with one attached hydrogen (secondary N) is 1. The van der Waals surface area contributed by atoms with Crippen molar-refractivity contribution in [2.45, 2.75) is 44.0 Å². The Balaban J connectivity index is 1.51. The molecule has 1 N–H and O–H groups in total. The molecule has 1 saturated heterocycles. The van der Waals surface area contributed by atoms with Crippen LogP contribution in [0.4, 0.5) is 0 Å². The molecule has 0 bridgehead atoms. The number of rotatable bonds is 5. The van der Waals surface area contributed by atoms with Crippen molar-refractivity contribution in [2.75, 3.05) is 13.2 Å². The van der Waals surface area contributed by atoms with Crippen LogP contribution in [-0.4, -0.2) is 33.5 Å². The van der Waals surface area contributed by atoms with Crippen LogP contribution in [0.1, 0.15) is 37.7 Å². The lowest BCUT2D eigenvalue weighted by Crippen LogP contribution is -2.36. The molecule has 1 heterocycles. The van der Waals surface area contributed by atoms with E-state index in [4.69, 9.17) is 9.47 Å². The molecule has 1 aliphatic carbocycles. The first-order valence-corrected chi connectivity index (χ1v) is 9.66. The molecule has 1 atom stereocenters. The average Bonchev–Trinajstić information content (AvgIpc) is 2.96. The van der Waals surface area contributed by atoms with Gasteiger partial charge in [0.05, 0.1) is 12.7 Å². The van der Waals surface area contributed by atoms with E-state index >= 15 is 0 Å².